The van der Waals surface area contributed by atoms with E-state index in [4.69, 9.17) is 49.0 Å². The highest BCUT2D eigenvalue weighted by atomic mass is 79.9. The van der Waals surface area contributed by atoms with Crippen LogP contribution in [-0.2, 0) is 16.1 Å². The van der Waals surface area contributed by atoms with E-state index in [0.29, 0.717) is 49.6 Å². The summed E-state index contributed by atoms with van der Waals surface area (Å²) in [6, 6.07) is 20.6. The van der Waals surface area contributed by atoms with Crippen LogP contribution in [0.5, 0.6) is 11.5 Å². The number of piperazine rings is 1. The van der Waals surface area contributed by atoms with Crippen molar-refractivity contribution in [3.8, 4) is 11.5 Å². The van der Waals surface area contributed by atoms with Crippen molar-refractivity contribution >= 4 is 80.7 Å². The largest absolute Gasteiger partial charge is 0.490 e. The van der Waals surface area contributed by atoms with Gasteiger partial charge in [0.1, 0.15) is 30.5 Å². The Hall–Kier alpha value is -2.73. The van der Waals surface area contributed by atoms with Crippen molar-refractivity contribution in [2.45, 2.75) is 67.2 Å². The first kappa shape index (κ1) is 39.5. The molecule has 1 saturated heterocycles. The number of nitrogens with one attached hydrogen (secondary N) is 1. The summed E-state index contributed by atoms with van der Waals surface area (Å²) in [6.07, 6.45) is 1.32. The molecule has 2 unspecified atom stereocenters. The summed E-state index contributed by atoms with van der Waals surface area (Å²) >= 11 is 21.9. The summed E-state index contributed by atoms with van der Waals surface area (Å²) < 4.78 is 31.5. The molecule has 6 rings (SSSR count). The smallest absolute Gasteiger partial charge is 0.411 e. The molecule has 2 heterocycles. The quantitative estimate of drug-likeness (QED) is 0.154. The molecule has 14 heteroatoms. The molecule has 0 aromatic heterocycles. The van der Waals surface area contributed by atoms with Crippen LogP contribution in [0.1, 0.15) is 44.2 Å². The van der Waals surface area contributed by atoms with E-state index in [-0.39, 0.29) is 42.8 Å². The molecule has 2 bridgehead atoms. The second kappa shape index (κ2) is 16.5. The Labute approximate surface area is 327 Å². The van der Waals surface area contributed by atoms with E-state index in [2.05, 4.69) is 21.2 Å². The maximum Gasteiger partial charge on any atom is 0.411 e. The number of benzene rings is 3. The van der Waals surface area contributed by atoms with E-state index in [0.717, 1.165) is 34.2 Å². The predicted molar refractivity (Wildman–Crippen MR) is 203 cm³/mol. The molecule has 1 aliphatic carbocycles. The van der Waals surface area contributed by atoms with Crippen LogP contribution >= 0.6 is 63.1 Å². The Morgan fingerprint density at radius 1 is 0.941 bits per heavy atom. The maximum atomic E-state index is 14.9. The van der Waals surface area contributed by atoms with Crippen molar-refractivity contribution in [3.63, 3.8) is 0 Å². The number of hydrogen-bond acceptors (Lipinski definition) is 6. The molecule has 3 aliphatic rings. The molecule has 2 aliphatic heterocycles. The van der Waals surface area contributed by atoms with E-state index in [1.807, 2.05) is 48.5 Å². The molecule has 3 aromatic rings. The van der Waals surface area contributed by atoms with Crippen LogP contribution in [-0.4, -0.2) is 75.6 Å². The topological polar surface area (TPSA) is 80.3 Å². The number of carbonyl (C=O) groups is 2. The number of halogens is 6. The third kappa shape index (κ3) is 9.26. The van der Waals surface area contributed by atoms with Crippen LogP contribution in [0.15, 0.2) is 82.8 Å². The Balaban J connectivity index is 0.00000504. The highest BCUT2D eigenvalue weighted by Gasteiger charge is 2.50. The van der Waals surface area contributed by atoms with Gasteiger partial charge in [0.15, 0.2) is 5.60 Å². The maximum absolute atomic E-state index is 14.9. The molecule has 8 nitrogen and oxygen atoms in total. The van der Waals surface area contributed by atoms with Gasteiger partial charge in [-0.15, -0.1) is 12.4 Å². The summed E-state index contributed by atoms with van der Waals surface area (Å²) in [6.45, 7) is 4.66. The molecular weight excluding hydrogens is 807 g/mol. The van der Waals surface area contributed by atoms with Crippen LogP contribution in [0.4, 0.5) is 9.18 Å². The van der Waals surface area contributed by atoms with Crippen molar-refractivity contribution in [1.29, 1.82) is 0 Å². The van der Waals surface area contributed by atoms with E-state index in [1.54, 1.807) is 28.0 Å². The fourth-order valence-electron chi connectivity index (χ4n) is 6.27. The van der Waals surface area contributed by atoms with Gasteiger partial charge in [0.2, 0.25) is 3.79 Å². The average molecular weight is 846 g/mol. The number of alkyl halides is 3. The lowest BCUT2D eigenvalue weighted by molar-refractivity contribution is -0.129. The van der Waals surface area contributed by atoms with Gasteiger partial charge in [-0.1, -0.05) is 81.1 Å². The Kier molecular flexibility index (Phi) is 12.8. The number of nitrogens with zero attached hydrogens (tertiary/aromatic N) is 2. The van der Waals surface area contributed by atoms with Crippen LogP contribution in [0.2, 0.25) is 0 Å². The molecule has 2 fully saturated rings. The highest BCUT2D eigenvalue weighted by Crippen LogP contribution is 2.43. The van der Waals surface area contributed by atoms with Crippen LogP contribution in [0.3, 0.4) is 0 Å². The number of fused-ring (bicyclic) bond motifs is 2. The first-order valence-electron chi connectivity index (χ1n) is 16.5. The third-order valence-corrected chi connectivity index (χ3v) is 11.1. The first-order valence-corrected chi connectivity index (χ1v) is 18.4. The van der Waals surface area contributed by atoms with Crippen molar-refractivity contribution in [1.82, 2.24) is 15.1 Å². The number of carbonyl (C=O) groups excluding carboxylic acids is 2. The van der Waals surface area contributed by atoms with E-state index in [9.17, 15) is 14.0 Å². The van der Waals surface area contributed by atoms with Crippen LogP contribution < -0.4 is 14.8 Å². The van der Waals surface area contributed by atoms with E-state index >= 15 is 0 Å². The van der Waals surface area contributed by atoms with Crippen LogP contribution in [0, 0.1) is 5.82 Å². The molecule has 274 valence electrons. The summed E-state index contributed by atoms with van der Waals surface area (Å²) in [5, 5.41) is 3.39. The molecular formula is C37H39BrCl4FN3O5. The van der Waals surface area contributed by atoms with Gasteiger partial charge in [-0.05, 0) is 86.7 Å². The van der Waals surface area contributed by atoms with Gasteiger partial charge in [-0.3, -0.25) is 9.69 Å². The minimum Gasteiger partial charge on any atom is -0.490 e. The molecule has 2 atom stereocenters. The summed E-state index contributed by atoms with van der Waals surface area (Å²) in [5.41, 5.74) is 1.09. The van der Waals surface area contributed by atoms with Crippen LogP contribution in [0.25, 0.3) is 5.57 Å². The van der Waals surface area contributed by atoms with E-state index in [1.165, 1.54) is 19.9 Å². The van der Waals surface area contributed by atoms with Crippen molar-refractivity contribution in [3.05, 3.63) is 99.8 Å². The van der Waals surface area contributed by atoms with E-state index < -0.39 is 21.5 Å². The minimum atomic E-state index is -1.89. The van der Waals surface area contributed by atoms with Gasteiger partial charge in [0, 0.05) is 41.3 Å². The van der Waals surface area contributed by atoms with Gasteiger partial charge in [0.25, 0.3) is 5.91 Å². The zero-order chi connectivity index (χ0) is 35.6. The monoisotopic (exact) mass is 843 g/mol. The minimum absolute atomic E-state index is 0. The SMILES string of the molecule is CC(C)(OC(=O)N1C2CNCC1C(C(=O)N(Cc1ccccc1F)C1CC1)=C(c1ccc(OCCOc3ccc(Br)cc3)cc1)C2)C(Cl)(Cl)Cl.Cl. The zero-order valence-corrected chi connectivity index (χ0v) is 32.7. The Bertz CT molecular complexity index is 1740. The lowest BCUT2D eigenvalue weighted by Crippen LogP contribution is -2.64. The lowest BCUT2D eigenvalue weighted by atomic mass is 9.82. The van der Waals surface area contributed by atoms with Crippen molar-refractivity contribution in [2.75, 3.05) is 26.3 Å². The fraction of sp³-hybridized carbons (Fsp3) is 0.405. The number of amides is 2. The normalized spacial score (nSPS) is 18.8. The predicted octanol–water partition coefficient (Wildman–Crippen LogP) is 8.74. The third-order valence-electron chi connectivity index (χ3n) is 9.20. The number of rotatable bonds is 11. The Morgan fingerprint density at radius 3 is 2.14 bits per heavy atom. The summed E-state index contributed by atoms with van der Waals surface area (Å²) in [4.78, 5) is 32.0. The van der Waals surface area contributed by atoms with Gasteiger partial charge in [0.05, 0.1) is 12.1 Å². The number of hydrogen-bond donors (Lipinski definition) is 1. The molecule has 1 N–H and O–H groups in total. The van der Waals surface area contributed by atoms with Crippen molar-refractivity contribution in [2.24, 2.45) is 0 Å². The molecule has 0 radical (unpaired) electrons. The summed E-state index contributed by atoms with van der Waals surface area (Å²) in [7, 11) is 0. The second-order valence-corrected chi connectivity index (χ2v) is 16.3. The van der Waals surface area contributed by atoms with Gasteiger partial charge in [-0.2, -0.15) is 0 Å². The highest BCUT2D eigenvalue weighted by molar-refractivity contribution is 9.10. The number of ether oxygens (including phenoxy) is 3. The molecule has 1 saturated carbocycles. The van der Waals surface area contributed by atoms with Crippen molar-refractivity contribution < 1.29 is 28.2 Å². The molecule has 3 aromatic carbocycles. The average Bonchev–Trinajstić information content (AvgIpc) is 3.91. The van der Waals surface area contributed by atoms with Gasteiger partial charge < -0.3 is 24.4 Å². The summed E-state index contributed by atoms with van der Waals surface area (Å²) in [5.74, 6) is 0.775. The standard InChI is InChI=1S/C37H38BrCl3FN3O5.ClH/c1-36(2,37(39,40)41)50-35(47)45-27-19-30(23-7-13-28(14-8-23)48-17-18-49-29-15-9-25(38)10-16-29)33(32(45)21-43-20-27)34(46)44(26-11-12-26)22-24-5-3-4-6-31(24)42;/h3-10,13-16,26-27,32,43H,11-12,17-22H2,1-2H3;1H. The molecule has 0 spiro atoms. The first-order chi connectivity index (χ1) is 23.8. The molecule has 2 amide bonds. The van der Waals surface area contributed by atoms with Gasteiger partial charge in [-0.25, -0.2) is 9.18 Å². The van der Waals surface area contributed by atoms with Gasteiger partial charge >= 0.3 is 6.09 Å². The zero-order valence-electron chi connectivity index (χ0n) is 28.1. The molecule has 51 heavy (non-hydrogen) atoms. The Morgan fingerprint density at radius 2 is 1.55 bits per heavy atom. The fourth-order valence-corrected chi connectivity index (χ4v) is 6.65. The second-order valence-electron chi connectivity index (χ2n) is 13.1. The lowest BCUT2D eigenvalue weighted by Gasteiger charge is -2.48.